The molecule has 1 aliphatic rings. The number of nitrogens with zero attached hydrogens (tertiary/aromatic N) is 3. The van der Waals surface area contributed by atoms with Crippen molar-refractivity contribution in [3.05, 3.63) is 68.4 Å². The predicted octanol–water partition coefficient (Wildman–Crippen LogP) is 4.44. The summed E-state index contributed by atoms with van der Waals surface area (Å²) in [7, 11) is 1.54. The van der Waals surface area contributed by atoms with Gasteiger partial charge in [0, 0.05) is 43.6 Å². The van der Waals surface area contributed by atoms with Crippen LogP contribution in [-0.2, 0) is 17.4 Å². The van der Waals surface area contributed by atoms with Crippen LogP contribution in [0.15, 0.2) is 29.1 Å². The molecular weight excluding hydrogens is 549 g/mol. The van der Waals surface area contributed by atoms with Crippen molar-refractivity contribution in [2.75, 3.05) is 18.4 Å². The normalized spacial score (nSPS) is 15.9. The van der Waals surface area contributed by atoms with Crippen LogP contribution in [0.5, 0.6) is 0 Å². The van der Waals surface area contributed by atoms with Gasteiger partial charge >= 0.3 is 0 Å². The van der Waals surface area contributed by atoms with E-state index >= 15 is 4.39 Å². The molecule has 3 aromatic rings. The highest BCUT2D eigenvalue weighted by molar-refractivity contribution is 5.95. The highest BCUT2D eigenvalue weighted by atomic mass is 19.3. The molecule has 3 heterocycles. The fourth-order valence-electron chi connectivity index (χ4n) is 5.30. The summed E-state index contributed by atoms with van der Waals surface area (Å²) in [5, 5.41) is 25.4. The van der Waals surface area contributed by atoms with Gasteiger partial charge in [0.2, 0.25) is 5.91 Å². The molecule has 8 nitrogen and oxygen atoms in total. The largest absolute Gasteiger partial charge is 0.385 e. The Bertz CT molecular complexity index is 1660. The number of fused-ring (bicyclic) bond motifs is 1. The number of hydrogen-bond acceptors (Lipinski definition) is 6. The van der Waals surface area contributed by atoms with E-state index in [2.05, 4.69) is 22.1 Å². The molecule has 11 heteroatoms. The molecule has 0 saturated carbocycles. The van der Waals surface area contributed by atoms with Gasteiger partial charge in [-0.3, -0.25) is 9.59 Å². The van der Waals surface area contributed by atoms with Crippen molar-refractivity contribution >= 4 is 22.6 Å². The Kier molecular flexibility index (Phi) is 8.45. The van der Waals surface area contributed by atoms with Gasteiger partial charge in [-0.25, -0.2) is 18.2 Å². The van der Waals surface area contributed by atoms with E-state index in [1.807, 2.05) is 0 Å². The van der Waals surface area contributed by atoms with Crippen molar-refractivity contribution in [2.45, 2.75) is 71.1 Å². The molecular formula is C31H35F3N4O4. The Hall–Kier alpha value is -3.88. The number of carbonyl (C=O) groups excluding carboxylic acids is 1. The average Bonchev–Trinajstić information content (AvgIpc) is 2.89. The molecule has 0 aliphatic carbocycles. The molecule has 0 spiro atoms. The predicted molar refractivity (Wildman–Crippen MR) is 154 cm³/mol. The Morgan fingerprint density at radius 3 is 2.40 bits per heavy atom. The van der Waals surface area contributed by atoms with E-state index < -0.39 is 40.6 Å². The third kappa shape index (κ3) is 6.01. The number of hydrogen-bond donors (Lipinski definition) is 3. The van der Waals surface area contributed by atoms with E-state index in [0.717, 1.165) is 6.07 Å². The smallest absolute Gasteiger partial charge is 0.266 e. The van der Waals surface area contributed by atoms with Crippen LogP contribution in [0.1, 0.15) is 81.0 Å². The van der Waals surface area contributed by atoms with Crippen molar-refractivity contribution in [3.8, 4) is 11.8 Å². The van der Waals surface area contributed by atoms with E-state index in [0.29, 0.717) is 22.2 Å². The number of pyridine rings is 2. The highest BCUT2D eigenvalue weighted by Gasteiger charge is 2.38. The summed E-state index contributed by atoms with van der Waals surface area (Å²) in [5.41, 5.74) is -2.78. The van der Waals surface area contributed by atoms with Crippen molar-refractivity contribution in [1.29, 1.82) is 0 Å². The molecule has 1 saturated heterocycles. The first-order chi connectivity index (χ1) is 19.5. The summed E-state index contributed by atoms with van der Waals surface area (Å²) in [6.07, 6.45) is -2.70. The molecule has 1 atom stereocenters. The number of halogens is 3. The number of aromatic nitrogens is 2. The zero-order chi connectivity index (χ0) is 31.1. The van der Waals surface area contributed by atoms with Crippen LogP contribution >= 0.6 is 0 Å². The molecule has 3 N–H and O–H groups in total. The number of rotatable bonds is 5. The lowest BCUT2D eigenvalue weighted by Gasteiger charge is -2.38. The lowest BCUT2D eigenvalue weighted by atomic mass is 9.84. The number of alkyl halides is 2. The molecule has 0 bridgehead atoms. The summed E-state index contributed by atoms with van der Waals surface area (Å²) in [6, 6.07) is 4.52. The maximum atomic E-state index is 15.0. The fourth-order valence-corrected chi connectivity index (χ4v) is 5.30. The van der Waals surface area contributed by atoms with Crippen LogP contribution < -0.4 is 10.9 Å². The Morgan fingerprint density at radius 1 is 1.21 bits per heavy atom. The van der Waals surface area contributed by atoms with E-state index in [1.165, 1.54) is 50.6 Å². The van der Waals surface area contributed by atoms with Gasteiger partial charge in [0.05, 0.1) is 34.0 Å². The summed E-state index contributed by atoms with van der Waals surface area (Å²) in [5.74, 6) is 4.76. The molecule has 0 radical (unpaired) electrons. The summed E-state index contributed by atoms with van der Waals surface area (Å²) in [4.78, 5) is 31.8. The fraction of sp³-hybridized carbons (Fsp3) is 0.452. The van der Waals surface area contributed by atoms with Gasteiger partial charge in [-0.2, -0.15) is 0 Å². The number of aliphatic hydroxyl groups is 2. The maximum Gasteiger partial charge on any atom is 0.266 e. The van der Waals surface area contributed by atoms with Crippen LogP contribution in [0.25, 0.3) is 10.9 Å². The van der Waals surface area contributed by atoms with E-state index in [1.54, 1.807) is 18.7 Å². The number of amides is 1. The number of benzene rings is 1. The van der Waals surface area contributed by atoms with Crippen LogP contribution in [0, 0.1) is 24.6 Å². The quantitative estimate of drug-likeness (QED) is 0.383. The Balaban J connectivity index is 1.93. The molecule has 4 rings (SSSR count). The molecule has 1 aliphatic heterocycles. The second-order valence-electron chi connectivity index (χ2n) is 11.4. The van der Waals surface area contributed by atoms with Crippen LogP contribution in [0.4, 0.5) is 19.0 Å². The van der Waals surface area contributed by atoms with E-state index in [-0.39, 0.29) is 48.8 Å². The molecule has 1 aromatic carbocycles. The summed E-state index contributed by atoms with van der Waals surface area (Å²) >= 11 is 0. The van der Waals surface area contributed by atoms with Crippen LogP contribution in [0.3, 0.4) is 0 Å². The van der Waals surface area contributed by atoms with Gasteiger partial charge in [0.25, 0.3) is 12.0 Å². The standard InChI is InChI=1S/C31H35F3N4O4/c1-17(20-8-7-9-22(25(20)32)27(33)34)35-28-23-16-24(31(42)12-14-38(15-13-31)19(3)39)29(40)37(6)26(23)21(18(2)36-28)10-11-30(4,5)41/h7-9,16-17,27,41-42H,12-15H2,1-6H3,(H,35,36)/t17-/m1/s1. The molecule has 2 aromatic heterocycles. The van der Waals surface area contributed by atoms with E-state index in [4.69, 9.17) is 0 Å². The first kappa shape index (κ1) is 31.1. The molecule has 42 heavy (non-hydrogen) atoms. The molecule has 224 valence electrons. The van der Waals surface area contributed by atoms with Crippen molar-refractivity contribution in [1.82, 2.24) is 14.5 Å². The van der Waals surface area contributed by atoms with Crippen molar-refractivity contribution in [3.63, 3.8) is 0 Å². The first-order valence-electron chi connectivity index (χ1n) is 13.7. The lowest BCUT2D eigenvalue weighted by Crippen LogP contribution is -2.47. The molecule has 1 fully saturated rings. The Morgan fingerprint density at radius 2 is 1.83 bits per heavy atom. The van der Waals surface area contributed by atoms with Gasteiger partial charge in [-0.15, -0.1) is 0 Å². The minimum absolute atomic E-state index is 0.00609. The topological polar surface area (TPSA) is 108 Å². The number of aryl methyl sites for hydroxylation is 2. The van der Waals surface area contributed by atoms with Crippen LogP contribution in [-0.4, -0.2) is 49.3 Å². The number of carbonyl (C=O) groups is 1. The summed E-state index contributed by atoms with van der Waals surface area (Å²) < 4.78 is 43.2. The lowest BCUT2D eigenvalue weighted by molar-refractivity contribution is -0.133. The molecule has 1 amide bonds. The SMILES string of the molecule is CC(=O)N1CCC(O)(c2cc3c(N[C@H](C)c4cccc(C(F)F)c4F)nc(C)c(C#CC(C)(C)O)c3n(C)c2=O)CC1. The van der Waals surface area contributed by atoms with E-state index in [9.17, 15) is 28.6 Å². The van der Waals surface area contributed by atoms with Gasteiger partial charge < -0.3 is 25.0 Å². The first-order valence-corrected chi connectivity index (χ1v) is 13.7. The number of nitrogens with one attached hydrogen (secondary N) is 1. The third-order valence-electron chi connectivity index (χ3n) is 7.69. The number of likely N-dealkylation sites (tertiary alicyclic amines) is 1. The highest BCUT2D eigenvalue weighted by Crippen LogP contribution is 2.36. The number of anilines is 1. The summed E-state index contributed by atoms with van der Waals surface area (Å²) in [6.45, 7) is 8.29. The van der Waals surface area contributed by atoms with Crippen LogP contribution in [0.2, 0.25) is 0 Å². The van der Waals surface area contributed by atoms with Crippen molar-refractivity contribution < 1.29 is 28.2 Å². The zero-order valence-electron chi connectivity index (χ0n) is 24.5. The van der Waals surface area contributed by atoms with Gasteiger partial charge in [-0.05, 0) is 46.6 Å². The van der Waals surface area contributed by atoms with Crippen molar-refractivity contribution in [2.24, 2.45) is 7.05 Å². The monoisotopic (exact) mass is 584 g/mol. The molecule has 0 unspecified atom stereocenters. The number of piperidine rings is 1. The minimum Gasteiger partial charge on any atom is -0.385 e. The average molecular weight is 585 g/mol. The van der Waals surface area contributed by atoms with Gasteiger partial charge in [0.1, 0.15) is 17.2 Å². The third-order valence-corrected chi connectivity index (χ3v) is 7.69. The van der Waals surface area contributed by atoms with Gasteiger partial charge in [0.15, 0.2) is 0 Å². The van der Waals surface area contributed by atoms with Gasteiger partial charge in [-0.1, -0.05) is 30.0 Å². The second-order valence-corrected chi connectivity index (χ2v) is 11.4. The zero-order valence-corrected chi connectivity index (χ0v) is 24.5. The minimum atomic E-state index is -2.99. The maximum absolute atomic E-state index is 15.0. The second kappa shape index (κ2) is 11.4. The Labute approximate surface area is 242 Å².